The van der Waals surface area contributed by atoms with E-state index in [2.05, 4.69) is 0 Å². The average molecular weight is 252 g/mol. The fraction of sp³-hybridized carbons (Fsp3) is 0.250. The second kappa shape index (κ2) is 5.81. The zero-order chi connectivity index (χ0) is 13.7. The Morgan fingerprint density at radius 1 is 1.11 bits per heavy atom. The fourth-order valence-corrected chi connectivity index (χ4v) is 1.40. The smallest absolute Gasteiger partial charge is 0.339 e. The van der Waals surface area contributed by atoms with Crippen molar-refractivity contribution in [1.82, 2.24) is 0 Å². The maximum atomic E-state index is 11.6. The summed E-state index contributed by atoms with van der Waals surface area (Å²) in [5, 5.41) is 17.9. The summed E-state index contributed by atoms with van der Waals surface area (Å²) in [5.74, 6) is -3.72. The van der Waals surface area contributed by atoms with Crippen molar-refractivity contribution in [3.8, 4) is 0 Å². The number of carbonyl (C=O) groups excluding carboxylic acids is 1. The van der Waals surface area contributed by atoms with Crippen molar-refractivity contribution < 1.29 is 29.3 Å². The monoisotopic (exact) mass is 252 g/mol. The molecule has 0 aliphatic rings. The van der Waals surface area contributed by atoms with Gasteiger partial charge in [-0.1, -0.05) is 13.0 Å². The van der Waals surface area contributed by atoms with Crippen molar-refractivity contribution in [2.75, 3.05) is 6.61 Å². The highest BCUT2D eigenvalue weighted by molar-refractivity contribution is 6.09. The van der Waals surface area contributed by atoms with Gasteiger partial charge in [0, 0.05) is 0 Å². The number of hydrogen-bond acceptors (Lipinski definition) is 4. The first-order valence-corrected chi connectivity index (χ1v) is 5.25. The van der Waals surface area contributed by atoms with Crippen LogP contribution < -0.4 is 0 Å². The van der Waals surface area contributed by atoms with Gasteiger partial charge in [-0.25, -0.2) is 14.4 Å². The fourth-order valence-electron chi connectivity index (χ4n) is 1.40. The van der Waals surface area contributed by atoms with E-state index in [1.54, 1.807) is 6.92 Å². The van der Waals surface area contributed by atoms with E-state index in [-0.39, 0.29) is 12.2 Å². The van der Waals surface area contributed by atoms with Gasteiger partial charge in [0.1, 0.15) is 0 Å². The molecule has 6 heteroatoms. The molecule has 1 aromatic rings. The minimum absolute atomic E-state index is 0.148. The SMILES string of the molecule is CCCOC(=O)c1cccc(C(=O)O)c1C(=O)O. The minimum Gasteiger partial charge on any atom is -0.478 e. The van der Waals surface area contributed by atoms with Crippen molar-refractivity contribution in [1.29, 1.82) is 0 Å². The predicted octanol–water partition coefficient (Wildman–Crippen LogP) is 1.65. The van der Waals surface area contributed by atoms with E-state index in [4.69, 9.17) is 14.9 Å². The molecule has 0 bridgehead atoms. The second-order valence-electron chi connectivity index (χ2n) is 3.47. The van der Waals surface area contributed by atoms with Crippen LogP contribution in [0, 0.1) is 0 Å². The summed E-state index contributed by atoms with van der Waals surface area (Å²) >= 11 is 0. The highest BCUT2D eigenvalue weighted by Crippen LogP contribution is 2.16. The van der Waals surface area contributed by atoms with Gasteiger partial charge < -0.3 is 14.9 Å². The second-order valence-corrected chi connectivity index (χ2v) is 3.47. The van der Waals surface area contributed by atoms with Crippen molar-refractivity contribution in [3.63, 3.8) is 0 Å². The summed E-state index contributed by atoms with van der Waals surface area (Å²) in [6, 6.07) is 3.66. The summed E-state index contributed by atoms with van der Waals surface area (Å²) in [6.07, 6.45) is 0.590. The molecule has 0 spiro atoms. The van der Waals surface area contributed by atoms with Crippen molar-refractivity contribution >= 4 is 17.9 Å². The average Bonchev–Trinajstić information content (AvgIpc) is 2.34. The van der Waals surface area contributed by atoms with Gasteiger partial charge in [0.25, 0.3) is 0 Å². The molecule has 0 saturated heterocycles. The molecular formula is C12H12O6. The third-order valence-corrected chi connectivity index (χ3v) is 2.17. The van der Waals surface area contributed by atoms with E-state index in [0.717, 1.165) is 6.07 Å². The third-order valence-electron chi connectivity index (χ3n) is 2.17. The van der Waals surface area contributed by atoms with E-state index in [0.29, 0.717) is 6.42 Å². The molecule has 0 aliphatic heterocycles. The van der Waals surface area contributed by atoms with Crippen molar-refractivity contribution in [2.24, 2.45) is 0 Å². The summed E-state index contributed by atoms with van der Waals surface area (Å²) < 4.78 is 4.81. The van der Waals surface area contributed by atoms with E-state index in [1.165, 1.54) is 12.1 Å². The highest BCUT2D eigenvalue weighted by atomic mass is 16.5. The quantitative estimate of drug-likeness (QED) is 0.772. The number of carbonyl (C=O) groups is 3. The van der Waals surface area contributed by atoms with E-state index in [1.807, 2.05) is 0 Å². The molecule has 0 saturated carbocycles. The van der Waals surface area contributed by atoms with Gasteiger partial charge in [-0.3, -0.25) is 0 Å². The maximum absolute atomic E-state index is 11.6. The molecule has 2 N–H and O–H groups in total. The molecule has 0 fully saturated rings. The molecule has 0 amide bonds. The van der Waals surface area contributed by atoms with Gasteiger partial charge in [0.05, 0.1) is 23.3 Å². The minimum atomic E-state index is -1.48. The first-order valence-electron chi connectivity index (χ1n) is 5.25. The number of esters is 1. The molecule has 1 aromatic carbocycles. The number of benzene rings is 1. The number of hydrogen-bond donors (Lipinski definition) is 2. The van der Waals surface area contributed by atoms with Gasteiger partial charge in [-0.15, -0.1) is 0 Å². The molecule has 1 rings (SSSR count). The standard InChI is InChI=1S/C12H12O6/c1-2-6-18-12(17)8-5-3-4-7(10(13)14)9(8)11(15)16/h3-5H,2,6H2,1H3,(H,13,14)(H,15,16). The molecule has 0 heterocycles. The normalized spacial score (nSPS) is 9.83. The lowest BCUT2D eigenvalue weighted by Crippen LogP contribution is -2.16. The number of ether oxygens (including phenoxy) is 1. The van der Waals surface area contributed by atoms with Gasteiger partial charge in [-0.2, -0.15) is 0 Å². The van der Waals surface area contributed by atoms with Crippen molar-refractivity contribution in [3.05, 3.63) is 34.9 Å². The van der Waals surface area contributed by atoms with Crippen LogP contribution in [0.2, 0.25) is 0 Å². The number of rotatable bonds is 5. The van der Waals surface area contributed by atoms with Crippen molar-refractivity contribution in [2.45, 2.75) is 13.3 Å². The molecule has 6 nitrogen and oxygen atoms in total. The Hall–Kier alpha value is -2.37. The number of aromatic carboxylic acids is 2. The van der Waals surface area contributed by atoms with Crippen LogP contribution >= 0.6 is 0 Å². The zero-order valence-corrected chi connectivity index (χ0v) is 9.67. The van der Waals surface area contributed by atoms with Crippen LogP contribution in [0.4, 0.5) is 0 Å². The van der Waals surface area contributed by atoms with Crippen LogP contribution in [0.1, 0.15) is 44.4 Å². The van der Waals surface area contributed by atoms with Gasteiger partial charge >= 0.3 is 17.9 Å². The first-order chi connectivity index (χ1) is 8.49. The third kappa shape index (κ3) is 2.85. The molecule has 96 valence electrons. The number of carboxylic acids is 2. The lowest BCUT2D eigenvalue weighted by atomic mass is 10.0. The zero-order valence-electron chi connectivity index (χ0n) is 9.67. The lowest BCUT2D eigenvalue weighted by molar-refractivity contribution is 0.0494. The van der Waals surface area contributed by atoms with Gasteiger partial charge in [0.2, 0.25) is 0 Å². The topological polar surface area (TPSA) is 101 Å². The van der Waals surface area contributed by atoms with Crippen LogP contribution in [0.3, 0.4) is 0 Å². The summed E-state index contributed by atoms with van der Waals surface area (Å²) in [5.41, 5.74) is -1.24. The molecule has 0 atom stereocenters. The van der Waals surface area contributed by atoms with Crippen LogP contribution in [0.15, 0.2) is 18.2 Å². The molecule has 18 heavy (non-hydrogen) atoms. The molecule has 0 aromatic heterocycles. The Labute approximate surface area is 103 Å². The van der Waals surface area contributed by atoms with E-state index < -0.39 is 29.0 Å². The van der Waals surface area contributed by atoms with E-state index in [9.17, 15) is 14.4 Å². The van der Waals surface area contributed by atoms with Gasteiger partial charge in [0.15, 0.2) is 0 Å². The Kier molecular flexibility index (Phi) is 4.42. The Morgan fingerprint density at radius 2 is 1.72 bits per heavy atom. The van der Waals surface area contributed by atoms with Crippen LogP contribution in [-0.4, -0.2) is 34.7 Å². The highest BCUT2D eigenvalue weighted by Gasteiger charge is 2.24. The molecule has 0 unspecified atom stereocenters. The molecular weight excluding hydrogens is 240 g/mol. The maximum Gasteiger partial charge on any atom is 0.339 e. The largest absolute Gasteiger partial charge is 0.478 e. The molecule has 0 aliphatic carbocycles. The summed E-state index contributed by atoms with van der Waals surface area (Å²) in [4.78, 5) is 33.6. The lowest BCUT2D eigenvalue weighted by Gasteiger charge is -2.08. The van der Waals surface area contributed by atoms with E-state index >= 15 is 0 Å². The number of carboxylic acid groups (broad SMARTS) is 2. The first kappa shape index (κ1) is 13.7. The Balaban J connectivity index is 3.27. The van der Waals surface area contributed by atoms with Crippen LogP contribution in [-0.2, 0) is 4.74 Å². The summed E-state index contributed by atoms with van der Waals surface area (Å²) in [6.45, 7) is 1.94. The van der Waals surface area contributed by atoms with Gasteiger partial charge in [-0.05, 0) is 18.6 Å². The Morgan fingerprint density at radius 3 is 2.22 bits per heavy atom. The van der Waals surface area contributed by atoms with Crippen LogP contribution in [0.5, 0.6) is 0 Å². The molecule has 0 radical (unpaired) electrons. The summed E-state index contributed by atoms with van der Waals surface area (Å²) in [7, 11) is 0. The Bertz CT molecular complexity index is 491. The van der Waals surface area contributed by atoms with Crippen LogP contribution in [0.25, 0.3) is 0 Å². The predicted molar refractivity (Wildman–Crippen MR) is 60.9 cm³/mol.